The molecule has 5 nitrogen and oxygen atoms in total. The Balaban J connectivity index is 1.92. The zero-order valence-electron chi connectivity index (χ0n) is 10.6. The van der Waals surface area contributed by atoms with Crippen LogP contribution in [0.15, 0.2) is 47.5 Å². The van der Waals surface area contributed by atoms with Gasteiger partial charge in [-0.15, -0.1) is 0 Å². The minimum absolute atomic E-state index is 0.0883. The second kappa shape index (κ2) is 5.98. The van der Waals surface area contributed by atoms with Crippen molar-refractivity contribution in [2.45, 2.75) is 11.3 Å². The van der Waals surface area contributed by atoms with Crippen LogP contribution in [-0.4, -0.2) is 19.9 Å². The van der Waals surface area contributed by atoms with E-state index in [1.54, 1.807) is 18.2 Å². The van der Waals surface area contributed by atoms with E-state index in [1.165, 1.54) is 24.4 Å². The van der Waals surface area contributed by atoms with Crippen molar-refractivity contribution >= 4 is 15.7 Å². The molecule has 0 atom stereocenters. The van der Waals surface area contributed by atoms with Crippen LogP contribution in [0, 0.1) is 5.95 Å². The Morgan fingerprint density at radius 1 is 1.20 bits per heavy atom. The Hall–Kier alpha value is -1.99. The Kier molecular flexibility index (Phi) is 4.31. The van der Waals surface area contributed by atoms with Gasteiger partial charge in [-0.05, 0) is 30.2 Å². The van der Waals surface area contributed by atoms with Crippen molar-refractivity contribution in [2.75, 3.05) is 11.9 Å². The van der Waals surface area contributed by atoms with Gasteiger partial charge in [0.15, 0.2) is 0 Å². The van der Waals surface area contributed by atoms with Gasteiger partial charge in [0.05, 0.1) is 4.90 Å². The number of rotatable bonds is 5. The van der Waals surface area contributed by atoms with Crippen LogP contribution in [0.3, 0.4) is 0 Å². The van der Waals surface area contributed by atoms with E-state index in [2.05, 4.69) is 10.3 Å². The number of pyridine rings is 1. The molecule has 106 valence electrons. The predicted molar refractivity (Wildman–Crippen MR) is 74.2 cm³/mol. The second-order valence-electron chi connectivity index (χ2n) is 4.23. The summed E-state index contributed by atoms with van der Waals surface area (Å²) in [6, 6.07) is 9.33. The Bertz CT molecular complexity index is 687. The van der Waals surface area contributed by atoms with Crippen LogP contribution in [0.5, 0.6) is 0 Å². The van der Waals surface area contributed by atoms with E-state index in [-0.39, 0.29) is 4.90 Å². The summed E-state index contributed by atoms with van der Waals surface area (Å²) in [5.41, 5.74) is 1.61. The third kappa shape index (κ3) is 4.01. The SMILES string of the molecule is NS(=O)(=O)c1ccc(CCNc2ccnc(F)c2)cc1. The van der Waals surface area contributed by atoms with Crippen LogP contribution < -0.4 is 10.5 Å². The molecule has 0 aliphatic rings. The van der Waals surface area contributed by atoms with Crippen LogP contribution >= 0.6 is 0 Å². The summed E-state index contributed by atoms with van der Waals surface area (Å²) in [4.78, 5) is 3.55. The summed E-state index contributed by atoms with van der Waals surface area (Å²) >= 11 is 0. The van der Waals surface area contributed by atoms with Gasteiger partial charge in [-0.3, -0.25) is 0 Å². The molecule has 0 unspecified atom stereocenters. The Morgan fingerprint density at radius 3 is 2.50 bits per heavy atom. The molecule has 2 aromatic rings. The van der Waals surface area contributed by atoms with E-state index in [9.17, 15) is 12.8 Å². The lowest BCUT2D eigenvalue weighted by atomic mass is 10.1. The summed E-state index contributed by atoms with van der Waals surface area (Å²) < 4.78 is 35.1. The first kappa shape index (κ1) is 14.4. The fourth-order valence-electron chi connectivity index (χ4n) is 1.71. The van der Waals surface area contributed by atoms with Gasteiger partial charge in [0.1, 0.15) is 0 Å². The van der Waals surface area contributed by atoms with E-state index in [4.69, 9.17) is 5.14 Å². The lowest BCUT2D eigenvalue weighted by Gasteiger charge is -2.06. The zero-order chi connectivity index (χ0) is 14.6. The smallest absolute Gasteiger partial charge is 0.238 e. The zero-order valence-corrected chi connectivity index (χ0v) is 11.4. The average molecular weight is 295 g/mol. The molecule has 2 rings (SSSR count). The highest BCUT2D eigenvalue weighted by Crippen LogP contribution is 2.10. The van der Waals surface area contributed by atoms with Crippen molar-refractivity contribution in [3.63, 3.8) is 0 Å². The largest absolute Gasteiger partial charge is 0.385 e. The molecule has 0 bridgehead atoms. The van der Waals surface area contributed by atoms with Crippen molar-refractivity contribution in [2.24, 2.45) is 5.14 Å². The highest BCUT2D eigenvalue weighted by atomic mass is 32.2. The summed E-state index contributed by atoms with van der Waals surface area (Å²) in [7, 11) is -3.65. The average Bonchev–Trinajstić information content (AvgIpc) is 2.38. The van der Waals surface area contributed by atoms with Crippen LogP contribution in [0.1, 0.15) is 5.56 Å². The number of sulfonamides is 1. The molecule has 0 radical (unpaired) electrons. The van der Waals surface area contributed by atoms with Crippen molar-refractivity contribution in [1.29, 1.82) is 0 Å². The number of hydrogen-bond acceptors (Lipinski definition) is 4. The third-order valence-electron chi connectivity index (χ3n) is 2.72. The van der Waals surface area contributed by atoms with E-state index < -0.39 is 16.0 Å². The molecule has 0 spiro atoms. The predicted octanol–water partition coefficient (Wildman–Crippen LogP) is 1.52. The number of nitrogens with zero attached hydrogens (tertiary/aromatic N) is 1. The monoisotopic (exact) mass is 295 g/mol. The normalized spacial score (nSPS) is 11.3. The quantitative estimate of drug-likeness (QED) is 0.819. The number of primary sulfonamides is 1. The molecule has 1 aromatic heterocycles. The lowest BCUT2D eigenvalue weighted by Crippen LogP contribution is -2.12. The molecule has 3 N–H and O–H groups in total. The summed E-state index contributed by atoms with van der Waals surface area (Å²) in [5.74, 6) is -0.535. The summed E-state index contributed by atoms with van der Waals surface area (Å²) in [5, 5.41) is 8.07. The van der Waals surface area contributed by atoms with Gasteiger partial charge in [-0.1, -0.05) is 12.1 Å². The molecule has 0 aliphatic heterocycles. The van der Waals surface area contributed by atoms with E-state index in [0.717, 1.165) is 5.56 Å². The molecular weight excluding hydrogens is 281 g/mol. The van der Waals surface area contributed by atoms with Crippen molar-refractivity contribution in [1.82, 2.24) is 4.98 Å². The van der Waals surface area contributed by atoms with Crippen molar-refractivity contribution in [3.8, 4) is 0 Å². The van der Waals surface area contributed by atoms with Crippen molar-refractivity contribution in [3.05, 3.63) is 54.1 Å². The van der Waals surface area contributed by atoms with Crippen LogP contribution in [0.25, 0.3) is 0 Å². The van der Waals surface area contributed by atoms with Crippen LogP contribution in [-0.2, 0) is 16.4 Å². The minimum Gasteiger partial charge on any atom is -0.385 e. The first-order valence-corrected chi connectivity index (χ1v) is 7.47. The number of benzene rings is 1. The second-order valence-corrected chi connectivity index (χ2v) is 5.79. The van der Waals surface area contributed by atoms with Crippen molar-refractivity contribution < 1.29 is 12.8 Å². The Labute approximate surface area is 116 Å². The Morgan fingerprint density at radius 2 is 1.90 bits per heavy atom. The lowest BCUT2D eigenvalue weighted by molar-refractivity contribution is 0.584. The maximum absolute atomic E-state index is 12.9. The highest BCUT2D eigenvalue weighted by molar-refractivity contribution is 7.89. The van der Waals surface area contributed by atoms with Gasteiger partial charge in [-0.25, -0.2) is 18.5 Å². The molecule has 20 heavy (non-hydrogen) atoms. The van der Waals surface area contributed by atoms with Gasteiger partial charge < -0.3 is 5.32 Å². The summed E-state index contributed by atoms with van der Waals surface area (Å²) in [6.45, 7) is 0.595. The third-order valence-corrected chi connectivity index (χ3v) is 3.65. The van der Waals surface area contributed by atoms with Crippen LogP contribution in [0.4, 0.5) is 10.1 Å². The molecule has 1 aromatic carbocycles. The number of hydrogen-bond donors (Lipinski definition) is 2. The fraction of sp³-hybridized carbons (Fsp3) is 0.154. The number of anilines is 1. The molecular formula is C13H14FN3O2S. The van der Waals surface area contributed by atoms with Gasteiger partial charge in [0.25, 0.3) is 0 Å². The first-order valence-electron chi connectivity index (χ1n) is 5.92. The molecule has 0 amide bonds. The van der Waals surface area contributed by atoms with Gasteiger partial charge in [0.2, 0.25) is 16.0 Å². The highest BCUT2D eigenvalue weighted by Gasteiger charge is 2.06. The van der Waals surface area contributed by atoms with Gasteiger partial charge in [0, 0.05) is 24.5 Å². The molecule has 7 heteroatoms. The standard InChI is InChI=1S/C13H14FN3O2S/c14-13-9-11(6-8-17-13)16-7-5-10-1-3-12(4-2-10)20(15,18)19/h1-4,6,8-9H,5,7H2,(H,16,17)(H2,15,18,19). The van der Waals surface area contributed by atoms with E-state index in [0.29, 0.717) is 18.7 Å². The number of aromatic nitrogens is 1. The fourth-order valence-corrected chi connectivity index (χ4v) is 2.22. The molecule has 0 saturated carbocycles. The topological polar surface area (TPSA) is 85.1 Å². The van der Waals surface area contributed by atoms with Crippen LogP contribution in [0.2, 0.25) is 0 Å². The molecule has 0 fully saturated rings. The van der Waals surface area contributed by atoms with Gasteiger partial charge in [-0.2, -0.15) is 4.39 Å². The first-order chi connectivity index (χ1) is 9.45. The van der Waals surface area contributed by atoms with E-state index >= 15 is 0 Å². The molecule has 1 heterocycles. The summed E-state index contributed by atoms with van der Waals surface area (Å²) in [6.07, 6.45) is 2.06. The number of halogens is 1. The molecule has 0 aliphatic carbocycles. The maximum atomic E-state index is 12.9. The van der Waals surface area contributed by atoms with Gasteiger partial charge >= 0.3 is 0 Å². The van der Waals surface area contributed by atoms with E-state index in [1.807, 2.05) is 0 Å². The minimum atomic E-state index is -3.65. The number of nitrogens with one attached hydrogen (secondary N) is 1. The number of nitrogens with two attached hydrogens (primary N) is 1. The molecule has 0 saturated heterocycles. The maximum Gasteiger partial charge on any atom is 0.238 e.